The van der Waals surface area contributed by atoms with Gasteiger partial charge >= 0.3 is 0 Å². The van der Waals surface area contributed by atoms with Gasteiger partial charge < -0.3 is 5.73 Å². The Morgan fingerprint density at radius 2 is 1.80 bits per heavy atom. The molecule has 0 amide bonds. The van der Waals surface area contributed by atoms with Gasteiger partial charge in [-0.05, 0) is 24.1 Å². The SMILES string of the molecule is Nc1cccc(CCc2nc(-c3ccccc3)cs2)c1. The van der Waals surface area contributed by atoms with E-state index in [1.807, 2.05) is 36.4 Å². The molecule has 20 heavy (non-hydrogen) atoms. The monoisotopic (exact) mass is 280 g/mol. The predicted molar refractivity (Wildman–Crippen MR) is 85.8 cm³/mol. The topological polar surface area (TPSA) is 38.9 Å². The van der Waals surface area contributed by atoms with Gasteiger partial charge in [-0.3, -0.25) is 0 Å². The normalized spacial score (nSPS) is 10.6. The fourth-order valence-electron chi connectivity index (χ4n) is 2.17. The second-order valence-corrected chi connectivity index (χ2v) is 5.68. The Bertz CT molecular complexity index is 689. The summed E-state index contributed by atoms with van der Waals surface area (Å²) in [6.45, 7) is 0. The minimum absolute atomic E-state index is 0.826. The van der Waals surface area contributed by atoms with E-state index < -0.39 is 0 Å². The highest BCUT2D eigenvalue weighted by Gasteiger charge is 2.04. The van der Waals surface area contributed by atoms with Gasteiger partial charge in [0.1, 0.15) is 0 Å². The Morgan fingerprint density at radius 3 is 2.60 bits per heavy atom. The summed E-state index contributed by atoms with van der Waals surface area (Å²) in [6.07, 6.45) is 1.94. The number of nitrogens with two attached hydrogens (primary N) is 1. The largest absolute Gasteiger partial charge is 0.399 e. The van der Waals surface area contributed by atoms with E-state index in [0.29, 0.717) is 0 Å². The number of rotatable bonds is 4. The second kappa shape index (κ2) is 5.88. The number of anilines is 1. The minimum atomic E-state index is 0.826. The van der Waals surface area contributed by atoms with Gasteiger partial charge in [0.2, 0.25) is 0 Å². The lowest BCUT2D eigenvalue weighted by atomic mass is 10.1. The van der Waals surface area contributed by atoms with E-state index in [9.17, 15) is 0 Å². The molecule has 0 saturated heterocycles. The highest BCUT2D eigenvalue weighted by molar-refractivity contribution is 7.09. The van der Waals surface area contributed by atoms with Crippen molar-refractivity contribution >= 4 is 17.0 Å². The molecule has 0 fully saturated rings. The van der Waals surface area contributed by atoms with Crippen molar-refractivity contribution in [3.05, 3.63) is 70.5 Å². The Balaban J connectivity index is 1.69. The molecule has 0 aliphatic carbocycles. The maximum Gasteiger partial charge on any atom is 0.0935 e. The zero-order valence-corrected chi connectivity index (χ0v) is 11.9. The Kier molecular flexibility index (Phi) is 3.79. The van der Waals surface area contributed by atoms with E-state index in [-0.39, 0.29) is 0 Å². The van der Waals surface area contributed by atoms with Crippen molar-refractivity contribution in [2.75, 3.05) is 5.73 Å². The number of thiazole rings is 1. The summed E-state index contributed by atoms with van der Waals surface area (Å²) in [6, 6.07) is 18.4. The summed E-state index contributed by atoms with van der Waals surface area (Å²) in [5.74, 6) is 0. The van der Waals surface area contributed by atoms with Gasteiger partial charge in [-0.25, -0.2) is 4.98 Å². The molecule has 0 atom stereocenters. The highest BCUT2D eigenvalue weighted by atomic mass is 32.1. The van der Waals surface area contributed by atoms with Gasteiger partial charge in [-0.1, -0.05) is 42.5 Å². The number of aryl methyl sites for hydroxylation is 2. The maximum atomic E-state index is 5.79. The fraction of sp³-hybridized carbons (Fsp3) is 0.118. The van der Waals surface area contributed by atoms with Crippen LogP contribution in [0.25, 0.3) is 11.3 Å². The van der Waals surface area contributed by atoms with Gasteiger partial charge in [-0.15, -0.1) is 11.3 Å². The quantitative estimate of drug-likeness (QED) is 0.728. The lowest BCUT2D eigenvalue weighted by molar-refractivity contribution is 0.946. The fourth-order valence-corrected chi connectivity index (χ4v) is 2.97. The highest BCUT2D eigenvalue weighted by Crippen LogP contribution is 2.22. The van der Waals surface area contributed by atoms with E-state index in [2.05, 4.69) is 23.6 Å². The molecule has 2 aromatic carbocycles. The third-order valence-corrected chi connectivity index (χ3v) is 4.11. The molecule has 0 bridgehead atoms. The van der Waals surface area contributed by atoms with E-state index >= 15 is 0 Å². The lowest BCUT2D eigenvalue weighted by Gasteiger charge is -2.00. The first-order valence-electron chi connectivity index (χ1n) is 6.65. The summed E-state index contributed by atoms with van der Waals surface area (Å²) >= 11 is 1.73. The van der Waals surface area contributed by atoms with Crippen molar-refractivity contribution in [2.45, 2.75) is 12.8 Å². The molecular formula is C17H16N2S. The maximum absolute atomic E-state index is 5.79. The predicted octanol–water partition coefficient (Wildman–Crippen LogP) is 4.18. The first-order chi connectivity index (χ1) is 9.81. The Labute approximate surface area is 122 Å². The van der Waals surface area contributed by atoms with Crippen LogP contribution < -0.4 is 5.73 Å². The van der Waals surface area contributed by atoms with Gasteiger partial charge in [0.25, 0.3) is 0 Å². The molecule has 0 spiro atoms. The molecule has 1 aromatic heterocycles. The molecule has 3 rings (SSSR count). The van der Waals surface area contributed by atoms with Crippen LogP contribution in [0.2, 0.25) is 0 Å². The molecular weight excluding hydrogens is 264 g/mol. The third kappa shape index (κ3) is 3.06. The molecule has 2 nitrogen and oxygen atoms in total. The Hall–Kier alpha value is -2.13. The van der Waals surface area contributed by atoms with Gasteiger partial charge in [0.05, 0.1) is 10.7 Å². The molecule has 0 aliphatic rings. The van der Waals surface area contributed by atoms with Crippen LogP contribution in [-0.4, -0.2) is 4.98 Å². The summed E-state index contributed by atoms with van der Waals surface area (Å²) < 4.78 is 0. The second-order valence-electron chi connectivity index (χ2n) is 4.74. The zero-order chi connectivity index (χ0) is 13.8. The molecule has 2 N–H and O–H groups in total. The molecule has 3 heteroatoms. The number of nitrogens with zero attached hydrogens (tertiary/aromatic N) is 1. The molecule has 3 aromatic rings. The van der Waals surface area contributed by atoms with Crippen molar-refractivity contribution < 1.29 is 0 Å². The van der Waals surface area contributed by atoms with Crippen molar-refractivity contribution in [2.24, 2.45) is 0 Å². The van der Waals surface area contributed by atoms with Gasteiger partial charge in [-0.2, -0.15) is 0 Å². The van der Waals surface area contributed by atoms with Crippen molar-refractivity contribution in [3.63, 3.8) is 0 Å². The Morgan fingerprint density at radius 1 is 0.950 bits per heavy atom. The van der Waals surface area contributed by atoms with E-state index in [0.717, 1.165) is 24.2 Å². The van der Waals surface area contributed by atoms with Crippen molar-refractivity contribution in [1.82, 2.24) is 4.98 Å². The van der Waals surface area contributed by atoms with Gasteiger partial charge in [0, 0.05) is 23.1 Å². The van der Waals surface area contributed by atoms with Crippen LogP contribution in [0.3, 0.4) is 0 Å². The van der Waals surface area contributed by atoms with Gasteiger partial charge in [0.15, 0.2) is 0 Å². The molecule has 100 valence electrons. The van der Waals surface area contributed by atoms with E-state index in [1.54, 1.807) is 11.3 Å². The van der Waals surface area contributed by atoms with Crippen LogP contribution in [0.4, 0.5) is 5.69 Å². The molecule has 1 heterocycles. The zero-order valence-electron chi connectivity index (χ0n) is 11.1. The van der Waals surface area contributed by atoms with E-state index in [1.165, 1.54) is 16.1 Å². The summed E-state index contributed by atoms with van der Waals surface area (Å²) in [5, 5.41) is 3.30. The van der Waals surface area contributed by atoms with Crippen molar-refractivity contribution in [3.8, 4) is 11.3 Å². The third-order valence-electron chi connectivity index (χ3n) is 3.20. The van der Waals surface area contributed by atoms with Crippen LogP contribution in [0.15, 0.2) is 60.0 Å². The standard InChI is InChI=1S/C17H16N2S/c18-15-8-4-5-13(11-15)9-10-17-19-16(12-20-17)14-6-2-1-3-7-14/h1-8,11-12H,9-10,18H2. The molecule has 0 aliphatic heterocycles. The van der Waals surface area contributed by atoms with Crippen LogP contribution in [0, 0.1) is 0 Å². The molecule has 0 saturated carbocycles. The van der Waals surface area contributed by atoms with Crippen LogP contribution in [-0.2, 0) is 12.8 Å². The average Bonchev–Trinajstić information content (AvgIpc) is 2.95. The summed E-state index contributed by atoms with van der Waals surface area (Å²) in [5.41, 5.74) is 10.1. The first-order valence-corrected chi connectivity index (χ1v) is 7.53. The summed E-state index contributed by atoms with van der Waals surface area (Å²) in [4.78, 5) is 4.71. The first kappa shape index (κ1) is 12.9. The van der Waals surface area contributed by atoms with E-state index in [4.69, 9.17) is 10.7 Å². The minimum Gasteiger partial charge on any atom is -0.399 e. The van der Waals surface area contributed by atoms with Crippen LogP contribution >= 0.6 is 11.3 Å². The summed E-state index contributed by atoms with van der Waals surface area (Å²) in [7, 11) is 0. The van der Waals surface area contributed by atoms with Crippen LogP contribution in [0.1, 0.15) is 10.6 Å². The van der Waals surface area contributed by atoms with Crippen molar-refractivity contribution in [1.29, 1.82) is 0 Å². The molecule has 0 radical (unpaired) electrons. The number of aromatic nitrogens is 1. The molecule has 0 unspecified atom stereocenters. The number of hydrogen-bond donors (Lipinski definition) is 1. The number of benzene rings is 2. The average molecular weight is 280 g/mol. The number of nitrogen functional groups attached to an aromatic ring is 1. The lowest BCUT2D eigenvalue weighted by Crippen LogP contribution is -1.92. The smallest absolute Gasteiger partial charge is 0.0935 e. The number of hydrogen-bond acceptors (Lipinski definition) is 3. The van der Waals surface area contributed by atoms with Crippen LogP contribution in [0.5, 0.6) is 0 Å².